The molecule has 2 N–H and O–H groups in total. The standard InChI is InChI=1S/C27H16Cl2F2N6/c28-17-10-20-24(36-19-6-7-22(31)21(29)12-19)16(13-32)14-35-26(20)23(11-17)37-25(27-33-8-1-9-34-27)15-2-4-18(30)5-3-15/h1-12,14,25,37H,(H,35,36). The SMILES string of the molecule is N#Cc1cnc2c(NC(c3ccc(F)cc3)c3ncccn3)cc(Cl)cc2c1Nc1ccc(F)c(Cl)c1. The van der Waals surface area contributed by atoms with Crippen molar-refractivity contribution in [1.29, 1.82) is 5.26 Å². The number of fused-ring (bicyclic) bond motifs is 1. The number of halogens is 4. The van der Waals surface area contributed by atoms with Gasteiger partial charge in [-0.3, -0.25) is 4.98 Å². The molecule has 0 saturated carbocycles. The molecule has 5 aromatic rings. The van der Waals surface area contributed by atoms with Crippen molar-refractivity contribution in [3.8, 4) is 6.07 Å². The fraction of sp³-hybridized carbons (Fsp3) is 0.0370. The third kappa shape index (κ3) is 5.14. The van der Waals surface area contributed by atoms with Crippen molar-refractivity contribution in [2.75, 3.05) is 10.6 Å². The summed E-state index contributed by atoms with van der Waals surface area (Å²) < 4.78 is 27.3. The molecule has 0 saturated heterocycles. The fourth-order valence-electron chi connectivity index (χ4n) is 3.88. The molecule has 0 spiro atoms. The molecule has 0 radical (unpaired) electrons. The maximum absolute atomic E-state index is 13.7. The molecular formula is C27H16Cl2F2N6. The Hall–Kier alpha value is -4.32. The summed E-state index contributed by atoms with van der Waals surface area (Å²) >= 11 is 12.5. The minimum Gasteiger partial charge on any atom is -0.370 e. The number of aromatic nitrogens is 3. The van der Waals surface area contributed by atoms with Crippen LogP contribution in [-0.4, -0.2) is 15.0 Å². The van der Waals surface area contributed by atoms with Crippen molar-refractivity contribution < 1.29 is 8.78 Å². The van der Waals surface area contributed by atoms with Gasteiger partial charge in [-0.15, -0.1) is 0 Å². The van der Waals surface area contributed by atoms with Crippen molar-refractivity contribution in [2.45, 2.75) is 6.04 Å². The quantitative estimate of drug-likeness (QED) is 0.236. The van der Waals surface area contributed by atoms with E-state index in [1.807, 2.05) is 0 Å². The van der Waals surface area contributed by atoms with E-state index in [9.17, 15) is 14.0 Å². The van der Waals surface area contributed by atoms with Gasteiger partial charge in [-0.05, 0) is 54.1 Å². The maximum atomic E-state index is 13.7. The van der Waals surface area contributed by atoms with Gasteiger partial charge in [-0.1, -0.05) is 35.3 Å². The fourth-order valence-corrected chi connectivity index (χ4v) is 4.28. The summed E-state index contributed by atoms with van der Waals surface area (Å²) in [6, 6.07) is 16.8. The van der Waals surface area contributed by atoms with Gasteiger partial charge in [-0.25, -0.2) is 18.7 Å². The zero-order chi connectivity index (χ0) is 25.9. The van der Waals surface area contributed by atoms with E-state index in [2.05, 4.69) is 31.7 Å². The predicted octanol–water partition coefficient (Wildman–Crippen LogP) is 7.43. The first-order valence-corrected chi connectivity index (χ1v) is 11.7. The van der Waals surface area contributed by atoms with E-state index in [0.29, 0.717) is 44.4 Å². The minimum absolute atomic E-state index is 0.0627. The number of hydrogen-bond acceptors (Lipinski definition) is 6. The lowest BCUT2D eigenvalue weighted by Gasteiger charge is -2.21. The highest BCUT2D eigenvalue weighted by Gasteiger charge is 2.21. The number of nitrogens with one attached hydrogen (secondary N) is 2. The Bertz CT molecular complexity index is 1640. The summed E-state index contributed by atoms with van der Waals surface area (Å²) in [5, 5.41) is 17.1. The molecule has 2 heterocycles. The first kappa shape index (κ1) is 24.4. The Kier molecular flexibility index (Phi) is 6.82. The third-order valence-corrected chi connectivity index (χ3v) is 6.10. The molecule has 0 aliphatic carbocycles. The number of pyridine rings is 1. The number of hydrogen-bond donors (Lipinski definition) is 2. The number of rotatable bonds is 6. The average molecular weight is 533 g/mol. The van der Waals surface area contributed by atoms with Crippen LogP contribution in [0.25, 0.3) is 10.9 Å². The van der Waals surface area contributed by atoms with Crippen molar-refractivity contribution in [1.82, 2.24) is 15.0 Å². The summed E-state index contributed by atoms with van der Waals surface area (Å²) in [6.07, 6.45) is 4.66. The summed E-state index contributed by atoms with van der Waals surface area (Å²) in [4.78, 5) is 13.3. The molecule has 37 heavy (non-hydrogen) atoms. The molecule has 3 aromatic carbocycles. The lowest BCUT2D eigenvalue weighted by molar-refractivity contribution is 0.626. The first-order chi connectivity index (χ1) is 17.9. The summed E-state index contributed by atoms with van der Waals surface area (Å²) in [5.74, 6) is -0.473. The Morgan fingerprint density at radius 1 is 0.919 bits per heavy atom. The van der Waals surface area contributed by atoms with Crippen molar-refractivity contribution in [2.24, 2.45) is 0 Å². The van der Waals surface area contributed by atoms with Crippen LogP contribution in [0.5, 0.6) is 0 Å². The predicted molar refractivity (Wildman–Crippen MR) is 140 cm³/mol. The molecule has 6 nitrogen and oxygen atoms in total. The molecule has 0 fully saturated rings. The van der Waals surface area contributed by atoms with Crippen molar-refractivity contribution in [3.05, 3.63) is 118 Å². The van der Waals surface area contributed by atoms with E-state index in [-0.39, 0.29) is 16.4 Å². The van der Waals surface area contributed by atoms with Gasteiger partial charge in [0.15, 0.2) is 5.82 Å². The van der Waals surface area contributed by atoms with Crippen LogP contribution in [-0.2, 0) is 0 Å². The lowest BCUT2D eigenvalue weighted by atomic mass is 10.0. The Morgan fingerprint density at radius 3 is 2.38 bits per heavy atom. The summed E-state index contributed by atoms with van der Waals surface area (Å²) in [7, 11) is 0. The molecule has 0 aliphatic rings. The Labute approximate surface area is 220 Å². The van der Waals surface area contributed by atoms with Gasteiger partial charge < -0.3 is 10.6 Å². The summed E-state index contributed by atoms with van der Waals surface area (Å²) in [6.45, 7) is 0. The van der Waals surface area contributed by atoms with Crippen LogP contribution in [0.3, 0.4) is 0 Å². The van der Waals surface area contributed by atoms with Crippen molar-refractivity contribution >= 4 is 51.2 Å². The second-order valence-corrected chi connectivity index (χ2v) is 8.84. The highest BCUT2D eigenvalue weighted by molar-refractivity contribution is 6.32. The van der Waals surface area contributed by atoms with Gasteiger partial charge in [-0.2, -0.15) is 5.26 Å². The Morgan fingerprint density at radius 2 is 1.68 bits per heavy atom. The number of anilines is 3. The smallest absolute Gasteiger partial charge is 0.154 e. The van der Waals surface area contributed by atoms with E-state index < -0.39 is 11.9 Å². The number of benzene rings is 3. The molecule has 0 aliphatic heterocycles. The van der Waals surface area contributed by atoms with Crippen LogP contribution >= 0.6 is 23.2 Å². The third-order valence-electron chi connectivity index (χ3n) is 5.59. The Balaban J connectivity index is 1.64. The van der Waals surface area contributed by atoms with Gasteiger partial charge >= 0.3 is 0 Å². The molecular weight excluding hydrogens is 517 g/mol. The maximum Gasteiger partial charge on any atom is 0.154 e. The van der Waals surface area contributed by atoms with Gasteiger partial charge in [0.25, 0.3) is 0 Å². The monoisotopic (exact) mass is 532 g/mol. The molecule has 182 valence electrons. The van der Waals surface area contributed by atoms with Crippen molar-refractivity contribution in [3.63, 3.8) is 0 Å². The molecule has 0 bridgehead atoms. The van der Waals surface area contributed by atoms with Crippen LogP contribution in [0.1, 0.15) is 23.0 Å². The first-order valence-electron chi connectivity index (χ1n) is 11.0. The van der Waals surface area contributed by atoms with E-state index in [1.54, 1.807) is 42.7 Å². The zero-order valence-corrected chi connectivity index (χ0v) is 20.4. The van der Waals surface area contributed by atoms with E-state index in [0.717, 1.165) is 0 Å². The lowest BCUT2D eigenvalue weighted by Crippen LogP contribution is -2.16. The molecule has 1 unspecified atom stereocenters. The second kappa shape index (κ2) is 10.3. The normalized spacial score (nSPS) is 11.6. The number of nitriles is 1. The zero-order valence-electron chi connectivity index (χ0n) is 18.9. The highest BCUT2D eigenvalue weighted by Crippen LogP contribution is 2.37. The van der Waals surface area contributed by atoms with E-state index in [1.165, 1.54) is 36.5 Å². The second-order valence-electron chi connectivity index (χ2n) is 8.00. The average Bonchev–Trinajstić information content (AvgIpc) is 2.90. The molecule has 2 aromatic heterocycles. The minimum atomic E-state index is -0.562. The van der Waals surface area contributed by atoms with E-state index >= 15 is 0 Å². The van der Waals surface area contributed by atoms with Crippen LogP contribution < -0.4 is 10.6 Å². The van der Waals surface area contributed by atoms with Gasteiger partial charge in [0.2, 0.25) is 0 Å². The van der Waals surface area contributed by atoms with Crippen LogP contribution in [0, 0.1) is 23.0 Å². The summed E-state index contributed by atoms with van der Waals surface area (Å²) in [5.41, 5.74) is 2.91. The molecule has 0 amide bonds. The number of nitrogens with zero attached hydrogens (tertiary/aromatic N) is 4. The molecule has 5 rings (SSSR count). The van der Waals surface area contributed by atoms with Gasteiger partial charge in [0, 0.05) is 34.7 Å². The molecule has 1 atom stereocenters. The van der Waals surface area contributed by atoms with Gasteiger partial charge in [0.1, 0.15) is 23.7 Å². The van der Waals surface area contributed by atoms with Crippen LogP contribution in [0.2, 0.25) is 10.0 Å². The van der Waals surface area contributed by atoms with Crippen LogP contribution in [0.4, 0.5) is 25.8 Å². The van der Waals surface area contributed by atoms with Gasteiger partial charge in [0.05, 0.1) is 27.5 Å². The topological polar surface area (TPSA) is 86.5 Å². The molecule has 10 heteroatoms. The van der Waals surface area contributed by atoms with Crippen LogP contribution in [0.15, 0.2) is 79.3 Å². The van der Waals surface area contributed by atoms with E-state index in [4.69, 9.17) is 23.2 Å². The highest BCUT2D eigenvalue weighted by atomic mass is 35.5. The largest absolute Gasteiger partial charge is 0.370 e.